The Balaban J connectivity index is 1.51. The average Bonchev–Trinajstić information content (AvgIpc) is 3.30. The summed E-state index contributed by atoms with van der Waals surface area (Å²) >= 11 is 5.82. The molecule has 3 rings (SSSR count). The number of carbonyl (C=O) groups excluding carboxylic acids is 3. The molecule has 1 aliphatic rings. The molecule has 0 spiro atoms. The fourth-order valence-electron chi connectivity index (χ4n) is 3.31. The number of carbonyl (C=O) groups is 3. The normalized spacial score (nSPS) is 15.4. The van der Waals surface area contributed by atoms with Crippen LogP contribution in [0.3, 0.4) is 0 Å². The largest absolute Gasteiger partial charge is 0.472 e. The van der Waals surface area contributed by atoms with Gasteiger partial charge in [-0.3, -0.25) is 14.4 Å². The molecule has 1 aliphatic heterocycles. The zero-order valence-electron chi connectivity index (χ0n) is 16.9. The van der Waals surface area contributed by atoms with Gasteiger partial charge in [0.05, 0.1) is 12.5 Å². The lowest BCUT2D eigenvalue weighted by molar-refractivity contribution is -0.133. The van der Waals surface area contributed by atoms with Crippen LogP contribution in [0.4, 0.5) is 0 Å². The van der Waals surface area contributed by atoms with Gasteiger partial charge in [0.15, 0.2) is 0 Å². The first-order valence-corrected chi connectivity index (χ1v) is 10.4. The van der Waals surface area contributed by atoms with E-state index >= 15 is 0 Å². The molecular formula is C22H25ClN4O4. The standard InChI is InChI=1S/C22H25ClN4O4/c23-18-4-2-17(3-5-18)20(29)25-12-13-26-21(30)22(8-10-24-11-9-22)27-19(28)6-1-16-7-14-31-15-16/h1-7,14-15,24H,8-13H2,(H,25,29)(H,26,30)(H,27,28). The van der Waals surface area contributed by atoms with Gasteiger partial charge >= 0.3 is 0 Å². The molecule has 0 aliphatic carbocycles. The van der Waals surface area contributed by atoms with Gasteiger partial charge in [-0.15, -0.1) is 0 Å². The van der Waals surface area contributed by atoms with E-state index in [0.29, 0.717) is 36.5 Å². The minimum atomic E-state index is -0.997. The Hall–Kier alpha value is -3.10. The molecule has 1 aromatic heterocycles. The number of hydrogen-bond acceptors (Lipinski definition) is 5. The second kappa shape index (κ2) is 10.8. The van der Waals surface area contributed by atoms with Crippen LogP contribution in [0.5, 0.6) is 0 Å². The number of furan rings is 1. The molecule has 4 N–H and O–H groups in total. The van der Waals surface area contributed by atoms with Gasteiger partial charge in [0.2, 0.25) is 11.8 Å². The Labute approximate surface area is 185 Å². The highest BCUT2D eigenvalue weighted by atomic mass is 35.5. The zero-order valence-corrected chi connectivity index (χ0v) is 17.7. The van der Waals surface area contributed by atoms with Crippen LogP contribution in [-0.4, -0.2) is 49.4 Å². The molecule has 0 bridgehead atoms. The van der Waals surface area contributed by atoms with Crippen molar-refractivity contribution in [3.05, 3.63) is 65.1 Å². The van der Waals surface area contributed by atoms with Gasteiger partial charge in [0.25, 0.3) is 5.91 Å². The summed E-state index contributed by atoms with van der Waals surface area (Å²) in [5.41, 5.74) is 0.251. The smallest absolute Gasteiger partial charge is 0.251 e. The molecule has 1 fully saturated rings. The monoisotopic (exact) mass is 444 g/mol. The first-order valence-electron chi connectivity index (χ1n) is 10.0. The highest BCUT2D eigenvalue weighted by Crippen LogP contribution is 2.19. The molecule has 8 nitrogen and oxygen atoms in total. The Morgan fingerprint density at radius 3 is 2.45 bits per heavy atom. The van der Waals surface area contributed by atoms with E-state index in [1.165, 1.54) is 18.6 Å². The third-order valence-electron chi connectivity index (χ3n) is 5.03. The van der Waals surface area contributed by atoms with E-state index in [2.05, 4.69) is 21.3 Å². The molecule has 0 unspecified atom stereocenters. The maximum atomic E-state index is 12.9. The summed E-state index contributed by atoms with van der Waals surface area (Å²) in [6.45, 7) is 1.74. The summed E-state index contributed by atoms with van der Waals surface area (Å²) in [7, 11) is 0. The predicted octanol–water partition coefficient (Wildman–Crippen LogP) is 1.73. The van der Waals surface area contributed by atoms with Crippen molar-refractivity contribution in [3.8, 4) is 0 Å². The van der Waals surface area contributed by atoms with Crippen LogP contribution in [0.1, 0.15) is 28.8 Å². The van der Waals surface area contributed by atoms with Gasteiger partial charge in [0.1, 0.15) is 5.54 Å². The molecule has 0 atom stereocenters. The van der Waals surface area contributed by atoms with Crippen LogP contribution in [0.25, 0.3) is 6.08 Å². The topological polar surface area (TPSA) is 112 Å². The van der Waals surface area contributed by atoms with Crippen LogP contribution in [0.2, 0.25) is 5.02 Å². The number of hydrogen-bond donors (Lipinski definition) is 4. The number of piperidine rings is 1. The molecule has 3 amide bonds. The number of halogens is 1. The van der Waals surface area contributed by atoms with Crippen LogP contribution in [-0.2, 0) is 9.59 Å². The van der Waals surface area contributed by atoms with E-state index in [9.17, 15) is 14.4 Å². The number of rotatable bonds is 8. The molecule has 164 valence electrons. The first-order chi connectivity index (χ1) is 15.0. The minimum absolute atomic E-state index is 0.244. The summed E-state index contributed by atoms with van der Waals surface area (Å²) in [4.78, 5) is 37.5. The fourth-order valence-corrected chi connectivity index (χ4v) is 3.43. The van der Waals surface area contributed by atoms with Gasteiger partial charge in [-0.2, -0.15) is 0 Å². The maximum absolute atomic E-state index is 12.9. The second-order valence-electron chi connectivity index (χ2n) is 7.23. The maximum Gasteiger partial charge on any atom is 0.251 e. The van der Waals surface area contributed by atoms with Crippen molar-refractivity contribution >= 4 is 35.4 Å². The van der Waals surface area contributed by atoms with Crippen LogP contribution < -0.4 is 21.3 Å². The summed E-state index contributed by atoms with van der Waals surface area (Å²) in [5, 5.41) is 12.2. The van der Waals surface area contributed by atoms with Gasteiger partial charge in [0, 0.05) is 35.3 Å². The van der Waals surface area contributed by atoms with E-state index in [1.807, 2.05) is 0 Å². The van der Waals surface area contributed by atoms with Crippen molar-refractivity contribution in [1.82, 2.24) is 21.3 Å². The number of nitrogens with one attached hydrogen (secondary N) is 4. The lowest BCUT2D eigenvalue weighted by atomic mass is 9.87. The zero-order chi connectivity index (χ0) is 22.1. The second-order valence-corrected chi connectivity index (χ2v) is 7.67. The summed E-state index contributed by atoms with van der Waals surface area (Å²) in [6, 6.07) is 8.28. The molecule has 2 aromatic rings. The van der Waals surface area contributed by atoms with Crippen molar-refractivity contribution in [2.75, 3.05) is 26.2 Å². The molecular weight excluding hydrogens is 420 g/mol. The Bertz CT molecular complexity index is 919. The lowest BCUT2D eigenvalue weighted by Crippen LogP contribution is -2.63. The summed E-state index contributed by atoms with van der Waals surface area (Å²) in [5.74, 6) is -0.866. The van der Waals surface area contributed by atoms with E-state index in [-0.39, 0.29) is 30.8 Å². The first kappa shape index (κ1) is 22.6. The number of amides is 3. The molecule has 0 radical (unpaired) electrons. The molecule has 1 saturated heterocycles. The van der Waals surface area contributed by atoms with Gasteiger partial charge in [-0.05, 0) is 62.3 Å². The van der Waals surface area contributed by atoms with Crippen molar-refractivity contribution in [3.63, 3.8) is 0 Å². The van der Waals surface area contributed by atoms with Crippen molar-refractivity contribution in [2.24, 2.45) is 0 Å². The highest BCUT2D eigenvalue weighted by Gasteiger charge is 2.40. The number of benzene rings is 1. The van der Waals surface area contributed by atoms with Crippen LogP contribution in [0.15, 0.2) is 53.4 Å². The molecule has 31 heavy (non-hydrogen) atoms. The quantitative estimate of drug-likeness (QED) is 0.366. The van der Waals surface area contributed by atoms with Gasteiger partial charge < -0.3 is 25.7 Å². The van der Waals surface area contributed by atoms with Gasteiger partial charge in [-0.1, -0.05) is 11.6 Å². The van der Waals surface area contributed by atoms with E-state index in [4.69, 9.17) is 16.0 Å². The third kappa shape index (κ3) is 6.44. The van der Waals surface area contributed by atoms with Crippen LogP contribution >= 0.6 is 11.6 Å². The molecule has 9 heteroatoms. The summed E-state index contributed by atoms with van der Waals surface area (Å²) in [6.07, 6.45) is 6.99. The Morgan fingerprint density at radius 1 is 1.06 bits per heavy atom. The fraction of sp³-hybridized carbons (Fsp3) is 0.318. The van der Waals surface area contributed by atoms with Crippen molar-refractivity contribution in [1.29, 1.82) is 0 Å². The van der Waals surface area contributed by atoms with E-state index < -0.39 is 5.54 Å². The molecule has 0 saturated carbocycles. The SMILES string of the molecule is O=C(C=Cc1ccoc1)NC1(C(=O)NCCNC(=O)c2ccc(Cl)cc2)CCNCC1. The third-order valence-corrected chi connectivity index (χ3v) is 5.28. The Kier molecular flexibility index (Phi) is 7.86. The summed E-state index contributed by atoms with van der Waals surface area (Å²) < 4.78 is 4.97. The van der Waals surface area contributed by atoms with E-state index in [0.717, 1.165) is 5.56 Å². The van der Waals surface area contributed by atoms with Crippen LogP contribution in [0, 0.1) is 0 Å². The molecule has 2 heterocycles. The van der Waals surface area contributed by atoms with Crippen molar-refractivity contribution < 1.29 is 18.8 Å². The Morgan fingerprint density at radius 2 is 1.77 bits per heavy atom. The predicted molar refractivity (Wildman–Crippen MR) is 118 cm³/mol. The highest BCUT2D eigenvalue weighted by molar-refractivity contribution is 6.30. The minimum Gasteiger partial charge on any atom is -0.472 e. The lowest BCUT2D eigenvalue weighted by Gasteiger charge is -2.36. The van der Waals surface area contributed by atoms with Gasteiger partial charge in [-0.25, -0.2) is 0 Å². The average molecular weight is 445 g/mol. The molecule has 1 aromatic carbocycles. The van der Waals surface area contributed by atoms with Crippen molar-refractivity contribution in [2.45, 2.75) is 18.4 Å². The van der Waals surface area contributed by atoms with E-state index in [1.54, 1.807) is 36.4 Å².